The molecule has 0 aromatic heterocycles. The molecule has 0 fully saturated rings. The van der Waals surface area contributed by atoms with Gasteiger partial charge in [0, 0.05) is 55.5 Å². The SMILES string of the molecule is C.[Cr].[Mn].[Mo].[SiH4]. The van der Waals surface area contributed by atoms with Gasteiger partial charge in [0.2, 0.25) is 0 Å². The van der Waals surface area contributed by atoms with E-state index in [0.717, 1.165) is 0 Å². The molecule has 0 spiro atoms. The van der Waals surface area contributed by atoms with E-state index in [1.807, 2.05) is 0 Å². The Morgan fingerprint density at radius 1 is 1.00 bits per heavy atom. The summed E-state index contributed by atoms with van der Waals surface area (Å²) >= 11 is 0. The van der Waals surface area contributed by atoms with Gasteiger partial charge in [0.1, 0.15) is 0 Å². The summed E-state index contributed by atoms with van der Waals surface area (Å²) < 4.78 is 0. The maximum Gasteiger partial charge on any atom is 0 e. The minimum atomic E-state index is 0. The molecule has 0 aromatic carbocycles. The maximum absolute atomic E-state index is 0. The van der Waals surface area contributed by atoms with Crippen LogP contribution >= 0.6 is 0 Å². The second-order valence-corrected chi connectivity index (χ2v) is 0. The van der Waals surface area contributed by atoms with Crippen molar-refractivity contribution in [3.05, 3.63) is 0 Å². The zero-order valence-electron chi connectivity index (χ0n) is 1.19. The van der Waals surface area contributed by atoms with Crippen LogP contribution in [0.15, 0.2) is 0 Å². The average molecular weight is 251 g/mol. The second-order valence-electron chi connectivity index (χ2n) is 0. The number of hydrogen-bond donors (Lipinski definition) is 0. The average Bonchev–Trinajstić information content (AvgIpc) is 0. The first-order chi connectivity index (χ1) is 0. The summed E-state index contributed by atoms with van der Waals surface area (Å²) in [5.41, 5.74) is 0. The van der Waals surface area contributed by atoms with Gasteiger partial charge >= 0.3 is 0 Å². The van der Waals surface area contributed by atoms with E-state index in [0.29, 0.717) is 0 Å². The van der Waals surface area contributed by atoms with Crippen molar-refractivity contribution in [2.45, 2.75) is 7.43 Å². The minimum Gasteiger partial charge on any atom is -0.0776 e. The van der Waals surface area contributed by atoms with Crippen LogP contribution in [0.2, 0.25) is 0 Å². The summed E-state index contributed by atoms with van der Waals surface area (Å²) in [4.78, 5) is 0. The molecule has 0 aliphatic rings. The van der Waals surface area contributed by atoms with E-state index in [-0.39, 0.29) is 73.9 Å². The van der Waals surface area contributed by atoms with Crippen LogP contribution < -0.4 is 0 Å². The third-order valence-corrected chi connectivity index (χ3v) is 0. The van der Waals surface area contributed by atoms with Crippen LogP contribution in [0.5, 0.6) is 0 Å². The van der Waals surface area contributed by atoms with E-state index in [9.17, 15) is 0 Å². The summed E-state index contributed by atoms with van der Waals surface area (Å²) in [7, 11) is 0. The fourth-order valence-electron chi connectivity index (χ4n) is 0. The first kappa shape index (κ1) is 64.5. The Morgan fingerprint density at radius 2 is 1.00 bits per heavy atom. The molecule has 0 saturated heterocycles. The van der Waals surface area contributed by atoms with Gasteiger partial charge in [0.25, 0.3) is 0 Å². The van der Waals surface area contributed by atoms with Gasteiger partial charge in [0.05, 0.1) is 0 Å². The van der Waals surface area contributed by atoms with Gasteiger partial charge in [-0.05, 0) is 11.0 Å². The first-order valence-electron chi connectivity index (χ1n) is 0. The quantitative estimate of drug-likeness (QED) is 0.493. The first-order valence-corrected chi connectivity index (χ1v) is 0. The molecule has 35 valence electrons. The van der Waals surface area contributed by atoms with Gasteiger partial charge in [-0.1, -0.05) is 7.43 Å². The predicted octanol–water partition coefficient (Wildman–Crippen LogP) is -0.823. The Bertz CT molecular complexity index is 11.6. The molecular weight excluding hydrogens is 243 g/mol. The summed E-state index contributed by atoms with van der Waals surface area (Å²) in [5.74, 6) is 0. The van der Waals surface area contributed by atoms with Crippen LogP contribution in [0, 0.1) is 0 Å². The van der Waals surface area contributed by atoms with Crippen LogP contribution in [0.3, 0.4) is 0 Å². The maximum atomic E-state index is 0. The molecule has 4 heteroatoms. The number of rotatable bonds is 0. The molecule has 0 aliphatic carbocycles. The van der Waals surface area contributed by atoms with Gasteiger partial charge in [0.15, 0.2) is 0 Å². The molecule has 0 aliphatic heterocycles. The zero-order chi connectivity index (χ0) is 0. The van der Waals surface area contributed by atoms with Gasteiger partial charge in [-0.15, -0.1) is 0 Å². The third kappa shape index (κ3) is 24.4. The molecule has 0 unspecified atom stereocenters. The number of hydrogen-bond acceptors (Lipinski definition) is 0. The molecule has 1 radical (unpaired) electrons. The fourth-order valence-corrected chi connectivity index (χ4v) is 0. The third-order valence-electron chi connectivity index (χ3n) is 0. The van der Waals surface area contributed by atoms with E-state index >= 15 is 0 Å². The summed E-state index contributed by atoms with van der Waals surface area (Å²) in [6.07, 6.45) is 0. The smallest absolute Gasteiger partial charge is 0 e. The van der Waals surface area contributed by atoms with E-state index < -0.39 is 0 Å². The zero-order valence-corrected chi connectivity index (χ0v) is 5.66. The normalized spacial score (nSPS) is 0. The van der Waals surface area contributed by atoms with Gasteiger partial charge in [-0.3, -0.25) is 0 Å². The Kier molecular flexibility index (Phi) is 493. The topological polar surface area (TPSA) is 0 Å². The van der Waals surface area contributed by atoms with Gasteiger partial charge in [-0.2, -0.15) is 0 Å². The van der Waals surface area contributed by atoms with Crippen LogP contribution in [0.4, 0.5) is 0 Å². The minimum absolute atomic E-state index is 0. The molecule has 5 heavy (non-hydrogen) atoms. The van der Waals surface area contributed by atoms with Gasteiger partial charge < -0.3 is 0 Å². The Hall–Kier alpha value is 1.96. The fraction of sp³-hybridized carbons (Fsp3) is 1.00. The Morgan fingerprint density at radius 3 is 1.00 bits per heavy atom. The Labute approximate surface area is 73.4 Å². The van der Waals surface area contributed by atoms with Crippen molar-refractivity contribution in [2.75, 3.05) is 0 Å². The van der Waals surface area contributed by atoms with E-state index in [2.05, 4.69) is 0 Å². The van der Waals surface area contributed by atoms with Crippen molar-refractivity contribution < 1.29 is 55.5 Å². The summed E-state index contributed by atoms with van der Waals surface area (Å²) in [5, 5.41) is 0. The van der Waals surface area contributed by atoms with Crippen molar-refractivity contribution in [3.8, 4) is 0 Å². The molecule has 0 heterocycles. The molecule has 0 nitrogen and oxygen atoms in total. The molecular formula is CH8CrMnMoSi. The van der Waals surface area contributed by atoms with Gasteiger partial charge in [-0.25, -0.2) is 0 Å². The molecule has 0 atom stereocenters. The molecule has 0 rings (SSSR count). The van der Waals surface area contributed by atoms with Crippen molar-refractivity contribution in [1.29, 1.82) is 0 Å². The second kappa shape index (κ2) is 38.2. The van der Waals surface area contributed by atoms with E-state index in [1.165, 1.54) is 0 Å². The van der Waals surface area contributed by atoms with Crippen molar-refractivity contribution >= 4 is 11.0 Å². The molecule has 0 aromatic rings. The van der Waals surface area contributed by atoms with E-state index in [1.54, 1.807) is 0 Å². The predicted molar refractivity (Wildman–Crippen MR) is 18.1 cm³/mol. The molecule has 0 N–H and O–H groups in total. The van der Waals surface area contributed by atoms with Crippen molar-refractivity contribution in [3.63, 3.8) is 0 Å². The van der Waals surface area contributed by atoms with Crippen LogP contribution in [-0.4, -0.2) is 11.0 Å². The Balaban J connectivity index is 0. The molecule has 0 saturated carbocycles. The molecule has 0 amide bonds. The van der Waals surface area contributed by atoms with E-state index in [4.69, 9.17) is 0 Å². The standard InChI is InChI=1S/CH4.Cr.Mn.Mo.H4Si/h1H4;;;;1H4. The molecule has 0 bridgehead atoms. The van der Waals surface area contributed by atoms with Crippen LogP contribution in [0.1, 0.15) is 7.43 Å². The van der Waals surface area contributed by atoms with Crippen LogP contribution in [-0.2, 0) is 55.5 Å². The monoisotopic (exact) mass is 253 g/mol. The summed E-state index contributed by atoms with van der Waals surface area (Å²) in [6, 6.07) is 0. The van der Waals surface area contributed by atoms with Crippen molar-refractivity contribution in [2.24, 2.45) is 0 Å². The van der Waals surface area contributed by atoms with Crippen LogP contribution in [0.25, 0.3) is 0 Å². The summed E-state index contributed by atoms with van der Waals surface area (Å²) in [6.45, 7) is 0. The largest absolute Gasteiger partial charge is 0.0776 e. The van der Waals surface area contributed by atoms with Crippen molar-refractivity contribution in [1.82, 2.24) is 0 Å².